The molecule has 8 rings (SSSR count). The Bertz CT molecular complexity index is 2090. The van der Waals surface area contributed by atoms with Gasteiger partial charge in [0.1, 0.15) is 11.6 Å². The predicted molar refractivity (Wildman–Crippen MR) is 212 cm³/mol. The Balaban J connectivity index is 0.818. The van der Waals surface area contributed by atoms with Crippen molar-refractivity contribution in [3.8, 4) is 22.4 Å². The van der Waals surface area contributed by atoms with Gasteiger partial charge in [0.15, 0.2) is 0 Å². The number of amides is 3. The van der Waals surface area contributed by atoms with Crippen molar-refractivity contribution in [1.82, 2.24) is 25.1 Å². The number of aromatic nitrogens is 2. The first-order valence-corrected chi connectivity index (χ1v) is 20.1. The van der Waals surface area contributed by atoms with E-state index in [1.807, 2.05) is 35.2 Å². The maximum atomic E-state index is 15.3. The van der Waals surface area contributed by atoms with Crippen LogP contribution in [0.5, 0.6) is 0 Å². The van der Waals surface area contributed by atoms with E-state index in [0.717, 1.165) is 75.0 Å². The molecule has 1 aliphatic carbocycles. The number of benzene rings is 3. The second-order valence-corrected chi connectivity index (χ2v) is 15.9. The molecule has 4 fully saturated rings. The third kappa shape index (κ3) is 8.41. The van der Waals surface area contributed by atoms with Crippen molar-refractivity contribution in [3.63, 3.8) is 0 Å². The summed E-state index contributed by atoms with van der Waals surface area (Å²) < 4.78 is 28.8. The minimum Gasteiger partial charge on any atom is -0.367 e. The van der Waals surface area contributed by atoms with Gasteiger partial charge in [0.2, 0.25) is 23.7 Å². The summed E-state index contributed by atoms with van der Waals surface area (Å²) in [7, 11) is 0. The number of hydrogen-bond donors (Lipinski definition) is 2. The number of carbonyl (C=O) groups is 3. The molecule has 3 atom stereocenters. The minimum absolute atomic E-state index is 0.0585. The Hall–Kier alpha value is -4.94. The summed E-state index contributed by atoms with van der Waals surface area (Å²) in [6, 6.07) is 19.7. The summed E-state index contributed by atoms with van der Waals surface area (Å²) >= 11 is 6.59. The number of carbonyl (C=O) groups excluding carboxylic acids is 3. The van der Waals surface area contributed by atoms with Gasteiger partial charge in [0.05, 0.1) is 28.5 Å². The lowest BCUT2D eigenvalue weighted by molar-refractivity contribution is -0.138. The first-order valence-electron chi connectivity index (χ1n) is 19.7. The van der Waals surface area contributed by atoms with E-state index in [9.17, 15) is 18.8 Å². The molecule has 3 aromatic carbocycles. The molecule has 4 aromatic rings. The zero-order valence-corrected chi connectivity index (χ0v) is 32.0. The van der Waals surface area contributed by atoms with Gasteiger partial charge >= 0.3 is 0 Å². The monoisotopic (exact) mass is 781 g/mol. The van der Waals surface area contributed by atoms with E-state index in [1.165, 1.54) is 18.2 Å². The third-order valence-electron chi connectivity index (χ3n) is 12.0. The van der Waals surface area contributed by atoms with Crippen LogP contribution in [0.2, 0.25) is 5.02 Å². The van der Waals surface area contributed by atoms with Gasteiger partial charge in [-0.1, -0.05) is 54.4 Å². The summed E-state index contributed by atoms with van der Waals surface area (Å²) in [5, 5.41) is 6.28. The zero-order valence-electron chi connectivity index (χ0n) is 31.2. The van der Waals surface area contributed by atoms with E-state index in [-0.39, 0.29) is 47.7 Å². The molecule has 10 nitrogen and oxygen atoms in total. The van der Waals surface area contributed by atoms with E-state index in [2.05, 4.69) is 25.4 Å². The number of nitrogens with zero attached hydrogens (tertiary/aromatic N) is 5. The summed E-state index contributed by atoms with van der Waals surface area (Å²) in [6.07, 6.45) is 7.54. The number of hydrogen-bond acceptors (Lipinski definition) is 8. The van der Waals surface area contributed by atoms with Crippen molar-refractivity contribution in [2.45, 2.75) is 69.4 Å². The maximum Gasteiger partial charge on any atom is 0.234 e. The normalized spacial score (nSPS) is 22.5. The van der Waals surface area contributed by atoms with Crippen LogP contribution in [0.3, 0.4) is 0 Å². The van der Waals surface area contributed by atoms with Gasteiger partial charge in [-0.15, -0.1) is 0 Å². The average molecular weight is 782 g/mol. The van der Waals surface area contributed by atoms with Crippen molar-refractivity contribution >= 4 is 41.0 Å². The highest BCUT2D eigenvalue weighted by molar-refractivity contribution is 6.32. The Morgan fingerprint density at radius 2 is 1.61 bits per heavy atom. The van der Waals surface area contributed by atoms with Gasteiger partial charge in [-0.3, -0.25) is 24.6 Å². The fourth-order valence-electron chi connectivity index (χ4n) is 8.90. The van der Waals surface area contributed by atoms with Crippen LogP contribution in [-0.4, -0.2) is 88.8 Å². The molecule has 3 aliphatic heterocycles. The maximum absolute atomic E-state index is 15.3. The highest BCUT2D eigenvalue weighted by Crippen LogP contribution is 2.34. The molecular weight excluding hydrogens is 736 g/mol. The highest BCUT2D eigenvalue weighted by Gasteiger charge is 2.35. The second kappa shape index (κ2) is 16.7. The number of piperazine rings is 1. The molecule has 4 aliphatic rings. The number of halogens is 3. The quantitative estimate of drug-likeness (QED) is 0.183. The van der Waals surface area contributed by atoms with Gasteiger partial charge in [-0.25, -0.2) is 18.7 Å². The van der Waals surface area contributed by atoms with Crippen molar-refractivity contribution in [1.29, 1.82) is 0 Å². The van der Waals surface area contributed by atoms with Crippen molar-refractivity contribution in [3.05, 3.63) is 95.1 Å². The summed E-state index contributed by atoms with van der Waals surface area (Å²) in [6.45, 7) is 4.50. The summed E-state index contributed by atoms with van der Waals surface area (Å²) in [5.41, 5.74) is 4.40. The Labute approximate surface area is 330 Å². The standard InChI is InChI=1S/C43H46ClF2N7O3/c44-36-26-47-43(50-40(36)30-4-1-3-28(23-30)27-7-10-32(45)11-8-27)48-33-6-2-5-31(24-33)42(56)53-17-15-34(16-18-53)51-19-21-52(22-20-51)38-13-9-29(25-37(38)46)35-12-14-39(54)49-41(35)55/h1,3-4,7-11,13,23,25-26,31,33-35H,2,5-6,12,14-22,24H2,(H,47,48,50)(H,49,54,55)/t31-,33+,35?/m0/s1. The molecule has 56 heavy (non-hydrogen) atoms. The largest absolute Gasteiger partial charge is 0.367 e. The highest BCUT2D eigenvalue weighted by atomic mass is 35.5. The lowest BCUT2D eigenvalue weighted by Gasteiger charge is -2.44. The first kappa shape index (κ1) is 38.0. The second-order valence-electron chi connectivity index (χ2n) is 15.5. The van der Waals surface area contributed by atoms with Crippen LogP contribution >= 0.6 is 11.6 Å². The van der Waals surface area contributed by atoms with Crippen LogP contribution in [0.25, 0.3) is 22.4 Å². The summed E-state index contributed by atoms with van der Waals surface area (Å²) in [5.74, 6) is -1.14. The number of likely N-dealkylation sites (tertiary alicyclic amines) is 1. The molecule has 0 radical (unpaired) electrons. The molecular formula is C43H46ClF2N7O3. The van der Waals surface area contributed by atoms with Crippen LogP contribution in [-0.2, 0) is 14.4 Å². The topological polar surface area (TPSA) is 111 Å². The van der Waals surface area contributed by atoms with E-state index >= 15 is 4.39 Å². The number of rotatable bonds is 8. The SMILES string of the molecule is O=C1CCC(c2ccc(N3CCN(C4CCN(C(=O)[C@H]5CCC[C@@H](Nc6ncc(Cl)c(-c7cccc(-c8ccc(F)cc8)c7)n6)C5)CC4)CC3)c(F)c2)C(=O)N1. The van der Waals surface area contributed by atoms with Gasteiger partial charge < -0.3 is 15.1 Å². The third-order valence-corrected chi connectivity index (χ3v) is 12.3. The molecule has 0 bridgehead atoms. The molecule has 2 N–H and O–H groups in total. The van der Waals surface area contributed by atoms with Crippen LogP contribution in [0.1, 0.15) is 62.8 Å². The van der Waals surface area contributed by atoms with Crippen molar-refractivity contribution in [2.75, 3.05) is 49.5 Å². The van der Waals surface area contributed by atoms with E-state index in [0.29, 0.717) is 59.9 Å². The van der Waals surface area contributed by atoms with Gasteiger partial charge in [-0.2, -0.15) is 0 Å². The first-order chi connectivity index (χ1) is 27.2. The Morgan fingerprint density at radius 1 is 0.839 bits per heavy atom. The predicted octanol–water partition coefficient (Wildman–Crippen LogP) is 7.05. The van der Waals surface area contributed by atoms with Crippen LogP contribution in [0.15, 0.2) is 72.9 Å². The molecule has 3 amide bonds. The number of nitrogens with one attached hydrogen (secondary N) is 2. The molecule has 13 heteroatoms. The molecule has 1 unspecified atom stereocenters. The van der Waals surface area contributed by atoms with Gasteiger partial charge in [0, 0.05) is 69.3 Å². The molecule has 292 valence electrons. The fraction of sp³-hybridized carbons (Fsp3) is 0.419. The minimum atomic E-state index is -0.508. The number of imide groups is 1. The van der Waals surface area contributed by atoms with E-state index in [4.69, 9.17) is 16.6 Å². The van der Waals surface area contributed by atoms with Crippen molar-refractivity contribution < 1.29 is 23.2 Å². The Morgan fingerprint density at radius 3 is 2.36 bits per heavy atom. The molecule has 0 spiro atoms. The van der Waals surface area contributed by atoms with Crippen LogP contribution in [0, 0.1) is 17.6 Å². The van der Waals surface area contributed by atoms with E-state index < -0.39 is 5.92 Å². The lowest BCUT2D eigenvalue weighted by atomic mass is 9.84. The van der Waals surface area contributed by atoms with Gasteiger partial charge in [0.25, 0.3) is 0 Å². The molecule has 1 saturated carbocycles. The average Bonchev–Trinajstić information content (AvgIpc) is 3.22. The lowest BCUT2D eigenvalue weighted by Crippen LogP contribution is -2.54. The molecule has 3 saturated heterocycles. The summed E-state index contributed by atoms with van der Waals surface area (Å²) in [4.78, 5) is 53.5. The molecule has 1 aromatic heterocycles. The zero-order chi connectivity index (χ0) is 38.8. The number of anilines is 2. The van der Waals surface area contributed by atoms with Crippen molar-refractivity contribution in [2.24, 2.45) is 5.92 Å². The fourth-order valence-corrected chi connectivity index (χ4v) is 9.10. The van der Waals surface area contributed by atoms with Crippen LogP contribution in [0.4, 0.5) is 20.4 Å². The molecule has 4 heterocycles. The number of piperidine rings is 2. The Kier molecular flexibility index (Phi) is 11.3. The van der Waals surface area contributed by atoms with Gasteiger partial charge in [-0.05, 0) is 85.5 Å². The smallest absolute Gasteiger partial charge is 0.234 e. The van der Waals surface area contributed by atoms with Crippen LogP contribution < -0.4 is 15.5 Å². The van der Waals surface area contributed by atoms with E-state index in [1.54, 1.807) is 24.4 Å².